The van der Waals surface area contributed by atoms with E-state index in [-0.39, 0.29) is 12.4 Å². The maximum Gasteiger partial charge on any atom is 0.187 e. The molecule has 1 N–H and O–H groups in total. The summed E-state index contributed by atoms with van der Waals surface area (Å²) in [6.45, 7) is 1.19. The largest absolute Gasteiger partial charge is 0.314 e. The van der Waals surface area contributed by atoms with Crippen LogP contribution in [0.4, 0.5) is 0 Å². The summed E-state index contributed by atoms with van der Waals surface area (Å²) in [4.78, 5) is 8.39. The molecule has 1 aliphatic rings. The number of piperidine rings is 1. The Morgan fingerprint density at radius 3 is 2.81 bits per heavy atom. The molecule has 0 spiro atoms. The van der Waals surface area contributed by atoms with Gasteiger partial charge in [-0.1, -0.05) is 18.2 Å². The molecule has 1 unspecified atom stereocenters. The van der Waals surface area contributed by atoms with Crippen LogP contribution in [0.2, 0.25) is 0 Å². The van der Waals surface area contributed by atoms with Crippen LogP contribution in [0, 0.1) is 0 Å². The first kappa shape index (κ1) is 13.7. The third-order valence-electron chi connectivity index (χ3n) is 2.65. The average molecular weight is 260 g/mol. The van der Waals surface area contributed by atoms with Gasteiger partial charge in [-0.25, -0.2) is 9.97 Å². The van der Waals surface area contributed by atoms with Crippen LogP contribution in [0.3, 0.4) is 0 Å². The summed E-state index contributed by atoms with van der Waals surface area (Å²) < 4.78 is 0. The van der Waals surface area contributed by atoms with Gasteiger partial charge in [0.25, 0.3) is 0 Å². The predicted octanol–water partition coefficient (Wildman–Crippen LogP) is 2.52. The van der Waals surface area contributed by atoms with E-state index >= 15 is 0 Å². The Hall–Kier alpha value is -0.320. The van der Waals surface area contributed by atoms with Crippen LogP contribution in [0.5, 0.6) is 0 Å². The van der Waals surface area contributed by atoms with Gasteiger partial charge in [0.05, 0.1) is 0 Å². The quantitative estimate of drug-likeness (QED) is 0.666. The summed E-state index contributed by atoms with van der Waals surface area (Å²) >= 11 is 1.75. The summed E-state index contributed by atoms with van der Waals surface area (Å²) in [7, 11) is 0. The Bertz CT molecular complexity index is 278. The van der Waals surface area contributed by atoms with Gasteiger partial charge in [0.2, 0.25) is 0 Å². The van der Waals surface area contributed by atoms with Crippen molar-refractivity contribution in [1.29, 1.82) is 0 Å². The summed E-state index contributed by atoms with van der Waals surface area (Å²) in [5, 5.41) is 4.45. The van der Waals surface area contributed by atoms with E-state index in [0.717, 1.165) is 17.0 Å². The van der Waals surface area contributed by atoms with Gasteiger partial charge < -0.3 is 5.32 Å². The zero-order valence-corrected chi connectivity index (χ0v) is 10.9. The maximum absolute atomic E-state index is 4.19. The molecular weight excluding hydrogens is 242 g/mol. The molecule has 1 saturated heterocycles. The molecule has 0 aliphatic carbocycles. The molecule has 0 amide bonds. The molecule has 1 atom stereocenters. The molecule has 0 saturated carbocycles. The van der Waals surface area contributed by atoms with Crippen molar-refractivity contribution >= 4 is 24.2 Å². The van der Waals surface area contributed by atoms with E-state index in [4.69, 9.17) is 0 Å². The van der Waals surface area contributed by atoms with Crippen LogP contribution in [0.15, 0.2) is 23.6 Å². The van der Waals surface area contributed by atoms with Crippen molar-refractivity contribution in [2.75, 3.05) is 12.3 Å². The second kappa shape index (κ2) is 7.87. The first-order chi connectivity index (χ1) is 7.45. The Labute approximate surface area is 107 Å². The Morgan fingerprint density at radius 2 is 2.12 bits per heavy atom. The van der Waals surface area contributed by atoms with Crippen LogP contribution in [0.25, 0.3) is 0 Å². The number of hydrogen-bond acceptors (Lipinski definition) is 4. The van der Waals surface area contributed by atoms with Gasteiger partial charge in [0.15, 0.2) is 5.16 Å². The number of hydrogen-bond donors (Lipinski definition) is 1. The lowest BCUT2D eigenvalue weighted by atomic mass is 10.0. The minimum absolute atomic E-state index is 0. The van der Waals surface area contributed by atoms with Gasteiger partial charge >= 0.3 is 0 Å². The smallest absolute Gasteiger partial charge is 0.187 e. The summed E-state index contributed by atoms with van der Waals surface area (Å²) in [5.41, 5.74) is 0. The van der Waals surface area contributed by atoms with Crippen LogP contribution in [-0.2, 0) is 0 Å². The molecule has 5 heteroatoms. The first-order valence-electron chi connectivity index (χ1n) is 5.58. The van der Waals surface area contributed by atoms with E-state index in [1.165, 1.54) is 32.2 Å². The fourth-order valence-corrected chi connectivity index (χ4v) is 2.68. The summed E-state index contributed by atoms with van der Waals surface area (Å²) in [6.07, 6.45) is 8.87. The number of halogens is 1. The second-order valence-corrected chi connectivity index (χ2v) is 4.88. The highest BCUT2D eigenvalue weighted by atomic mass is 35.5. The van der Waals surface area contributed by atoms with Gasteiger partial charge in [0, 0.05) is 24.2 Å². The number of rotatable bonds is 4. The van der Waals surface area contributed by atoms with Crippen molar-refractivity contribution in [2.24, 2.45) is 0 Å². The summed E-state index contributed by atoms with van der Waals surface area (Å²) in [5.74, 6) is 1.11. The van der Waals surface area contributed by atoms with Crippen molar-refractivity contribution in [1.82, 2.24) is 15.3 Å². The SMILES string of the molecule is Cl.c1cnc(SCCC2CCCCN2)nc1. The van der Waals surface area contributed by atoms with Crippen LogP contribution in [-0.4, -0.2) is 28.3 Å². The van der Waals surface area contributed by atoms with Gasteiger partial charge in [-0.05, 0) is 31.9 Å². The van der Waals surface area contributed by atoms with Gasteiger partial charge in [0.1, 0.15) is 0 Å². The Kier molecular flexibility index (Phi) is 6.76. The molecule has 3 nitrogen and oxygen atoms in total. The predicted molar refractivity (Wildman–Crippen MR) is 70.3 cm³/mol. The average Bonchev–Trinajstić information content (AvgIpc) is 2.32. The normalized spacial score (nSPS) is 20.1. The third kappa shape index (κ3) is 4.68. The fourth-order valence-electron chi connectivity index (χ4n) is 1.82. The highest BCUT2D eigenvalue weighted by molar-refractivity contribution is 7.99. The van der Waals surface area contributed by atoms with Crippen LogP contribution < -0.4 is 5.32 Å². The lowest BCUT2D eigenvalue weighted by molar-refractivity contribution is 0.394. The van der Waals surface area contributed by atoms with Crippen LogP contribution in [0.1, 0.15) is 25.7 Å². The Morgan fingerprint density at radius 1 is 1.31 bits per heavy atom. The third-order valence-corrected chi connectivity index (χ3v) is 3.56. The van der Waals surface area contributed by atoms with Crippen molar-refractivity contribution in [3.8, 4) is 0 Å². The van der Waals surface area contributed by atoms with Crippen molar-refractivity contribution in [2.45, 2.75) is 36.9 Å². The van der Waals surface area contributed by atoms with Crippen molar-refractivity contribution in [3.05, 3.63) is 18.5 Å². The minimum atomic E-state index is 0. The van der Waals surface area contributed by atoms with Crippen molar-refractivity contribution < 1.29 is 0 Å². The monoisotopic (exact) mass is 259 g/mol. The molecule has 90 valence electrons. The van der Waals surface area contributed by atoms with Gasteiger partial charge in [-0.2, -0.15) is 0 Å². The van der Waals surface area contributed by atoms with E-state index in [9.17, 15) is 0 Å². The lowest BCUT2D eigenvalue weighted by Crippen LogP contribution is -2.34. The molecule has 0 bridgehead atoms. The van der Waals surface area contributed by atoms with E-state index in [1.807, 2.05) is 6.07 Å². The first-order valence-corrected chi connectivity index (χ1v) is 6.57. The molecule has 16 heavy (non-hydrogen) atoms. The van der Waals surface area contributed by atoms with Crippen LogP contribution >= 0.6 is 24.2 Å². The van der Waals surface area contributed by atoms with E-state index in [1.54, 1.807) is 24.2 Å². The lowest BCUT2D eigenvalue weighted by Gasteiger charge is -2.22. The van der Waals surface area contributed by atoms with Gasteiger partial charge in [-0.15, -0.1) is 12.4 Å². The van der Waals surface area contributed by atoms with Gasteiger partial charge in [-0.3, -0.25) is 0 Å². The number of aromatic nitrogens is 2. The molecule has 2 rings (SSSR count). The van der Waals surface area contributed by atoms with E-state index in [2.05, 4.69) is 15.3 Å². The standard InChI is InChI=1S/C11H17N3S.ClH/c1-2-6-12-10(4-1)5-9-15-11-13-7-3-8-14-11;/h3,7-8,10,12H,1-2,4-6,9H2;1H. The highest BCUT2D eigenvalue weighted by Crippen LogP contribution is 2.16. The molecule has 0 radical (unpaired) electrons. The minimum Gasteiger partial charge on any atom is -0.314 e. The molecule has 1 fully saturated rings. The molecule has 1 aromatic heterocycles. The highest BCUT2D eigenvalue weighted by Gasteiger charge is 2.11. The number of nitrogens with one attached hydrogen (secondary N) is 1. The zero-order chi connectivity index (χ0) is 10.3. The van der Waals surface area contributed by atoms with E-state index < -0.39 is 0 Å². The van der Waals surface area contributed by atoms with E-state index in [0.29, 0.717) is 0 Å². The molecular formula is C11H18ClN3S. The summed E-state index contributed by atoms with van der Waals surface area (Å²) in [6, 6.07) is 2.57. The maximum atomic E-state index is 4.19. The second-order valence-electron chi connectivity index (χ2n) is 3.82. The number of nitrogens with zero attached hydrogens (tertiary/aromatic N) is 2. The molecule has 1 aromatic rings. The Balaban J connectivity index is 0.00000128. The fraction of sp³-hybridized carbons (Fsp3) is 0.636. The number of thioether (sulfide) groups is 1. The molecule has 2 heterocycles. The molecule has 1 aliphatic heterocycles. The zero-order valence-electron chi connectivity index (χ0n) is 9.26. The topological polar surface area (TPSA) is 37.8 Å². The molecule has 0 aromatic carbocycles. The van der Waals surface area contributed by atoms with Crippen molar-refractivity contribution in [3.63, 3.8) is 0 Å².